The maximum absolute atomic E-state index is 14.0. The lowest BCUT2D eigenvalue weighted by atomic mass is 9.99. The molecular weight excluding hydrogens is 487 g/mol. The molecule has 4 heterocycles. The smallest absolute Gasteiger partial charge is 0.274 e. The summed E-state index contributed by atoms with van der Waals surface area (Å²) in [4.78, 5) is 27.5. The van der Waals surface area contributed by atoms with Crippen molar-refractivity contribution in [1.82, 2.24) is 25.0 Å². The molecule has 0 bridgehead atoms. The highest BCUT2D eigenvalue weighted by molar-refractivity contribution is 5.93. The zero-order valence-corrected chi connectivity index (χ0v) is 20.6. The molecule has 9 nitrogen and oxygen atoms in total. The number of H-pyrrole nitrogens is 1. The molecule has 2 aliphatic rings. The van der Waals surface area contributed by atoms with E-state index in [2.05, 4.69) is 15.5 Å². The lowest BCUT2D eigenvalue weighted by Crippen LogP contribution is -2.41. The summed E-state index contributed by atoms with van der Waals surface area (Å²) in [5.41, 5.74) is 7.97. The van der Waals surface area contributed by atoms with Crippen molar-refractivity contribution in [2.45, 2.75) is 24.8 Å². The van der Waals surface area contributed by atoms with Crippen molar-refractivity contribution in [2.75, 3.05) is 25.4 Å². The van der Waals surface area contributed by atoms with Crippen molar-refractivity contribution in [3.05, 3.63) is 88.6 Å². The van der Waals surface area contributed by atoms with E-state index in [1.165, 1.54) is 6.07 Å². The van der Waals surface area contributed by atoms with Gasteiger partial charge in [0, 0.05) is 43.0 Å². The van der Waals surface area contributed by atoms with Crippen molar-refractivity contribution >= 4 is 22.6 Å². The number of nitrogens with two attached hydrogens (primary N) is 1. The minimum absolute atomic E-state index is 0.0227. The molecule has 0 saturated carbocycles. The average Bonchev–Trinajstić information content (AvgIpc) is 3.53. The Balaban J connectivity index is 1.30. The van der Waals surface area contributed by atoms with Crippen LogP contribution in [0.4, 0.5) is 10.2 Å². The van der Waals surface area contributed by atoms with E-state index in [9.17, 15) is 14.0 Å². The molecule has 2 aliphatic heterocycles. The number of nitrogens with one attached hydrogen (secondary N) is 2. The van der Waals surface area contributed by atoms with Crippen molar-refractivity contribution in [1.29, 1.82) is 0 Å². The predicted molar refractivity (Wildman–Crippen MR) is 142 cm³/mol. The van der Waals surface area contributed by atoms with Gasteiger partial charge < -0.3 is 25.3 Å². The fraction of sp³-hybridized carbons (Fsp3) is 0.250. The molecule has 2 unspecified atom stereocenters. The van der Waals surface area contributed by atoms with Crippen LogP contribution in [0.5, 0.6) is 11.5 Å². The molecular formula is C28H27FN6O3. The summed E-state index contributed by atoms with van der Waals surface area (Å²) in [5.74, 6) is 0.298. The van der Waals surface area contributed by atoms with E-state index in [1.807, 2.05) is 33.9 Å². The van der Waals surface area contributed by atoms with Crippen LogP contribution >= 0.6 is 0 Å². The van der Waals surface area contributed by atoms with Crippen LogP contribution in [0.25, 0.3) is 16.6 Å². The van der Waals surface area contributed by atoms with Gasteiger partial charge in [-0.1, -0.05) is 18.2 Å². The van der Waals surface area contributed by atoms with E-state index in [1.54, 1.807) is 36.4 Å². The number of nitrogens with zero attached hydrogens (tertiary/aromatic N) is 3. The SMILES string of the molecule is Nc1n[nH]c(=O)c2c(C3CCN(C(=O)/C=C/C4CCN4)C3)cn(-c3ccc(Oc4ccccc4F)cc3)c12. The van der Waals surface area contributed by atoms with Crippen LogP contribution in [0.3, 0.4) is 0 Å². The van der Waals surface area contributed by atoms with Crippen LogP contribution in [0.15, 0.2) is 71.7 Å². The van der Waals surface area contributed by atoms with Gasteiger partial charge in [-0.15, -0.1) is 0 Å². The molecule has 2 saturated heterocycles. The molecule has 194 valence electrons. The molecule has 38 heavy (non-hydrogen) atoms. The maximum Gasteiger partial charge on any atom is 0.274 e. The largest absolute Gasteiger partial charge is 0.454 e. The topological polar surface area (TPSA) is 118 Å². The van der Waals surface area contributed by atoms with Gasteiger partial charge in [-0.05, 0) is 61.3 Å². The number of fused-ring (bicyclic) bond motifs is 1. The summed E-state index contributed by atoms with van der Waals surface area (Å²) >= 11 is 0. The number of hydrogen-bond acceptors (Lipinski definition) is 6. The van der Waals surface area contributed by atoms with Gasteiger partial charge in [0.05, 0.1) is 5.39 Å². The van der Waals surface area contributed by atoms with Crippen LogP contribution in [0.2, 0.25) is 0 Å². The fourth-order valence-corrected chi connectivity index (χ4v) is 5.07. The summed E-state index contributed by atoms with van der Waals surface area (Å²) in [6, 6.07) is 13.5. The van der Waals surface area contributed by atoms with Gasteiger partial charge in [-0.2, -0.15) is 5.10 Å². The Hall–Kier alpha value is -4.44. The van der Waals surface area contributed by atoms with Crippen molar-refractivity contribution < 1.29 is 13.9 Å². The number of aromatic nitrogens is 3. The zero-order chi connectivity index (χ0) is 26.2. The number of para-hydroxylation sites is 1. The van der Waals surface area contributed by atoms with Gasteiger partial charge in [0.25, 0.3) is 5.56 Å². The Bertz CT molecular complexity index is 1590. The van der Waals surface area contributed by atoms with E-state index >= 15 is 0 Å². The van der Waals surface area contributed by atoms with Crippen LogP contribution in [0, 0.1) is 5.82 Å². The van der Waals surface area contributed by atoms with E-state index in [0.29, 0.717) is 29.7 Å². The molecule has 4 N–H and O–H groups in total. The first-order chi connectivity index (χ1) is 18.5. The first kappa shape index (κ1) is 23.9. The highest BCUT2D eigenvalue weighted by atomic mass is 19.1. The first-order valence-corrected chi connectivity index (χ1v) is 12.6. The lowest BCUT2D eigenvalue weighted by Gasteiger charge is -2.24. The summed E-state index contributed by atoms with van der Waals surface area (Å²) in [6.45, 7) is 2.10. The third-order valence-electron chi connectivity index (χ3n) is 7.23. The van der Waals surface area contributed by atoms with Gasteiger partial charge >= 0.3 is 0 Å². The second kappa shape index (κ2) is 9.79. The molecule has 2 aromatic carbocycles. The highest BCUT2D eigenvalue weighted by Crippen LogP contribution is 2.35. The Labute approximate surface area is 217 Å². The second-order valence-electron chi connectivity index (χ2n) is 9.62. The normalized spacial score (nSPS) is 19.2. The van der Waals surface area contributed by atoms with Gasteiger partial charge in [0.15, 0.2) is 17.4 Å². The minimum Gasteiger partial charge on any atom is -0.454 e. The molecule has 2 aromatic heterocycles. The Kier molecular flexibility index (Phi) is 6.16. The van der Waals surface area contributed by atoms with Crippen LogP contribution in [-0.2, 0) is 4.79 Å². The molecule has 2 fully saturated rings. The summed E-state index contributed by atoms with van der Waals surface area (Å²) in [6.07, 6.45) is 7.24. The van der Waals surface area contributed by atoms with Gasteiger partial charge in [0.1, 0.15) is 11.3 Å². The van der Waals surface area contributed by atoms with Gasteiger partial charge in [-0.3, -0.25) is 9.59 Å². The monoisotopic (exact) mass is 514 g/mol. The Morgan fingerprint density at radius 2 is 1.95 bits per heavy atom. The molecule has 10 heteroatoms. The molecule has 6 rings (SSSR count). The van der Waals surface area contributed by atoms with Crippen molar-refractivity contribution in [2.24, 2.45) is 0 Å². The average molecular weight is 515 g/mol. The second-order valence-corrected chi connectivity index (χ2v) is 9.62. The number of halogens is 1. The van der Waals surface area contributed by atoms with E-state index in [0.717, 1.165) is 30.6 Å². The van der Waals surface area contributed by atoms with E-state index in [-0.39, 0.29) is 35.0 Å². The summed E-state index contributed by atoms with van der Waals surface area (Å²) in [7, 11) is 0. The van der Waals surface area contributed by atoms with Crippen LogP contribution in [-0.4, -0.2) is 51.2 Å². The zero-order valence-electron chi connectivity index (χ0n) is 20.6. The molecule has 0 spiro atoms. The number of aromatic amines is 1. The van der Waals surface area contributed by atoms with Gasteiger partial charge in [-0.25, -0.2) is 9.49 Å². The third kappa shape index (κ3) is 4.43. The number of rotatable bonds is 6. The number of nitrogen functional groups attached to an aromatic ring is 1. The number of carbonyl (C=O) groups excluding carboxylic acids is 1. The number of carbonyl (C=O) groups is 1. The van der Waals surface area contributed by atoms with Crippen LogP contribution in [0.1, 0.15) is 24.3 Å². The van der Waals surface area contributed by atoms with E-state index in [4.69, 9.17) is 10.5 Å². The predicted octanol–water partition coefficient (Wildman–Crippen LogP) is 3.46. The number of anilines is 1. The number of likely N-dealkylation sites (tertiary alicyclic amines) is 1. The standard InChI is InChI=1S/C28H27FN6O3/c29-22-3-1-2-4-23(22)38-20-8-6-19(7-9-20)35-16-21(25-26(35)27(30)32-33-28(25)37)17-12-14-34(15-17)24(36)10-5-18-11-13-31-18/h1-10,16-18,31H,11-15H2,(H2,30,32)(H,33,37)/b10-5+. The number of hydrogen-bond donors (Lipinski definition) is 3. The van der Waals surface area contributed by atoms with Crippen LogP contribution < -0.4 is 21.3 Å². The molecule has 1 amide bonds. The maximum atomic E-state index is 14.0. The Morgan fingerprint density at radius 1 is 1.16 bits per heavy atom. The van der Waals surface area contributed by atoms with Crippen molar-refractivity contribution in [3.63, 3.8) is 0 Å². The first-order valence-electron chi connectivity index (χ1n) is 12.6. The van der Waals surface area contributed by atoms with E-state index < -0.39 is 5.82 Å². The number of benzene rings is 2. The summed E-state index contributed by atoms with van der Waals surface area (Å²) < 4.78 is 21.5. The quantitative estimate of drug-likeness (QED) is 0.339. The fourth-order valence-electron chi connectivity index (χ4n) is 5.07. The molecule has 0 aliphatic carbocycles. The number of ether oxygens (including phenoxy) is 1. The van der Waals surface area contributed by atoms with Gasteiger partial charge in [0.2, 0.25) is 5.91 Å². The lowest BCUT2D eigenvalue weighted by molar-refractivity contribution is -0.125. The molecule has 2 atom stereocenters. The number of amides is 1. The van der Waals surface area contributed by atoms with Crippen molar-refractivity contribution in [3.8, 4) is 17.2 Å². The highest BCUT2D eigenvalue weighted by Gasteiger charge is 2.30. The molecule has 4 aromatic rings. The Morgan fingerprint density at radius 3 is 2.68 bits per heavy atom. The minimum atomic E-state index is -0.449. The third-order valence-corrected chi connectivity index (χ3v) is 7.23. The molecule has 0 radical (unpaired) electrons. The summed E-state index contributed by atoms with van der Waals surface area (Å²) in [5, 5.41) is 10.2.